The summed E-state index contributed by atoms with van der Waals surface area (Å²) >= 11 is 0. The maximum atomic E-state index is 12.6. The van der Waals surface area contributed by atoms with Crippen LogP contribution in [0.1, 0.15) is 54.1 Å². The van der Waals surface area contributed by atoms with Gasteiger partial charge in [0.05, 0.1) is 31.1 Å². The van der Waals surface area contributed by atoms with Crippen molar-refractivity contribution < 1.29 is 14.3 Å². The van der Waals surface area contributed by atoms with Gasteiger partial charge in [0.1, 0.15) is 11.7 Å². The fourth-order valence-electron chi connectivity index (χ4n) is 4.61. The Morgan fingerprint density at radius 3 is 2.83 bits per heavy atom. The highest BCUT2D eigenvalue weighted by Gasteiger charge is 2.40. The fraction of sp³-hybridized carbons (Fsp3) is 0.423. The Morgan fingerprint density at radius 1 is 1.19 bits per heavy atom. The molecule has 2 aliphatic heterocycles. The molecule has 0 spiro atoms. The average Bonchev–Trinajstić information content (AvgIpc) is 3.56. The molecule has 0 unspecified atom stereocenters. The van der Waals surface area contributed by atoms with Crippen LogP contribution in [0.5, 0.6) is 0 Å². The van der Waals surface area contributed by atoms with Gasteiger partial charge in [-0.2, -0.15) is 10.1 Å². The number of amides is 1. The maximum absolute atomic E-state index is 12.6. The second-order valence-electron chi connectivity index (χ2n) is 9.24. The van der Waals surface area contributed by atoms with E-state index in [0.29, 0.717) is 31.2 Å². The average molecular weight is 490 g/mol. The van der Waals surface area contributed by atoms with Crippen LogP contribution in [0.4, 0.5) is 17.5 Å². The van der Waals surface area contributed by atoms with E-state index in [1.54, 1.807) is 30.3 Å². The molecule has 1 saturated heterocycles. The van der Waals surface area contributed by atoms with E-state index in [2.05, 4.69) is 27.2 Å². The van der Waals surface area contributed by atoms with Gasteiger partial charge in [-0.15, -0.1) is 0 Å². The number of unbranched alkanes of at least 4 members (excludes halogenated alkanes) is 1. The Hall–Kier alpha value is -3.95. The third-order valence-electron chi connectivity index (χ3n) is 6.65. The lowest BCUT2D eigenvalue weighted by molar-refractivity contribution is -0.119. The molecule has 2 aliphatic rings. The SMILES string of the molecule is CCCCOC(=O)c1ccc(Cn2cc(CNc3ncc4c(n3)N3CCC[C@H]3C(=O)N4C)cn2)cc1. The number of rotatable bonds is 9. The molecule has 188 valence electrons. The van der Waals surface area contributed by atoms with E-state index in [4.69, 9.17) is 9.72 Å². The highest BCUT2D eigenvalue weighted by molar-refractivity contribution is 6.04. The highest BCUT2D eigenvalue weighted by Crippen LogP contribution is 2.37. The van der Waals surface area contributed by atoms with Gasteiger partial charge in [-0.05, 0) is 37.0 Å². The number of aromatic nitrogens is 4. The molecule has 1 atom stereocenters. The monoisotopic (exact) mass is 489 g/mol. The molecule has 1 N–H and O–H groups in total. The van der Waals surface area contributed by atoms with Crippen molar-refractivity contribution in [3.8, 4) is 0 Å². The molecule has 5 rings (SSSR count). The first-order chi connectivity index (χ1) is 17.5. The Morgan fingerprint density at radius 2 is 2.03 bits per heavy atom. The van der Waals surface area contributed by atoms with Gasteiger partial charge in [-0.3, -0.25) is 9.48 Å². The number of likely N-dealkylation sites (N-methyl/N-ethyl adjacent to an activating group) is 1. The summed E-state index contributed by atoms with van der Waals surface area (Å²) < 4.78 is 7.12. The lowest BCUT2D eigenvalue weighted by atomic mass is 10.1. The van der Waals surface area contributed by atoms with Crippen molar-refractivity contribution >= 4 is 29.3 Å². The summed E-state index contributed by atoms with van der Waals surface area (Å²) in [4.78, 5) is 37.5. The Balaban J connectivity index is 1.18. The topological polar surface area (TPSA) is 105 Å². The van der Waals surface area contributed by atoms with Gasteiger partial charge in [0.2, 0.25) is 11.9 Å². The van der Waals surface area contributed by atoms with Crippen LogP contribution >= 0.6 is 0 Å². The van der Waals surface area contributed by atoms with Gasteiger partial charge in [-0.1, -0.05) is 25.5 Å². The number of carbonyl (C=O) groups excluding carboxylic acids is 2. The minimum absolute atomic E-state index is 0.110. The van der Waals surface area contributed by atoms with E-state index >= 15 is 0 Å². The molecular formula is C26H31N7O3. The van der Waals surface area contributed by atoms with Crippen molar-refractivity contribution in [3.05, 3.63) is 59.5 Å². The molecule has 1 fully saturated rings. The van der Waals surface area contributed by atoms with Crippen molar-refractivity contribution in [1.29, 1.82) is 0 Å². The Labute approximate surface area is 210 Å². The van der Waals surface area contributed by atoms with E-state index in [9.17, 15) is 9.59 Å². The van der Waals surface area contributed by atoms with Crippen LogP contribution < -0.4 is 15.1 Å². The normalized spacial score (nSPS) is 16.6. The van der Waals surface area contributed by atoms with Gasteiger partial charge in [0.25, 0.3) is 0 Å². The molecule has 0 bridgehead atoms. The molecule has 10 heteroatoms. The number of anilines is 3. The lowest BCUT2D eigenvalue weighted by Crippen LogP contribution is -2.49. The Bertz CT molecular complexity index is 1240. The lowest BCUT2D eigenvalue weighted by Gasteiger charge is -2.36. The summed E-state index contributed by atoms with van der Waals surface area (Å²) in [5, 5.41) is 7.73. The number of fused-ring (bicyclic) bond motifs is 3. The third-order valence-corrected chi connectivity index (χ3v) is 6.65. The maximum Gasteiger partial charge on any atom is 0.338 e. The van der Waals surface area contributed by atoms with E-state index in [1.807, 2.05) is 29.2 Å². The zero-order valence-electron chi connectivity index (χ0n) is 20.7. The predicted molar refractivity (Wildman–Crippen MR) is 136 cm³/mol. The number of hydrogen-bond acceptors (Lipinski definition) is 8. The molecule has 2 aromatic heterocycles. The molecule has 1 aromatic carbocycles. The van der Waals surface area contributed by atoms with E-state index in [1.165, 1.54) is 0 Å². The Kier molecular flexibility index (Phi) is 6.84. The minimum Gasteiger partial charge on any atom is -0.462 e. The van der Waals surface area contributed by atoms with Crippen molar-refractivity contribution in [2.45, 2.75) is 51.7 Å². The number of esters is 1. The second-order valence-corrected chi connectivity index (χ2v) is 9.24. The van der Waals surface area contributed by atoms with Crippen LogP contribution in [0.15, 0.2) is 42.9 Å². The van der Waals surface area contributed by atoms with Crippen LogP contribution in [0.2, 0.25) is 0 Å². The minimum atomic E-state index is -0.287. The molecule has 3 aromatic rings. The standard InChI is InChI=1S/C26H31N7O3/c1-3-4-12-36-25(35)20-9-7-18(8-10-20)16-32-17-19(14-29-32)13-27-26-28-15-22-23(30-26)33-11-5-6-21(33)24(34)31(22)2/h7-10,14-15,17,21H,3-6,11-13,16H2,1-2H3,(H,27,28,30)/t21-/m0/s1. The molecule has 4 heterocycles. The number of carbonyl (C=O) groups is 2. The summed E-state index contributed by atoms with van der Waals surface area (Å²) in [6.45, 7) is 4.47. The van der Waals surface area contributed by atoms with Crippen molar-refractivity contribution in [1.82, 2.24) is 19.7 Å². The van der Waals surface area contributed by atoms with Crippen molar-refractivity contribution in [2.24, 2.45) is 0 Å². The molecule has 10 nitrogen and oxygen atoms in total. The summed E-state index contributed by atoms with van der Waals surface area (Å²) in [5.41, 5.74) is 3.34. The molecule has 0 radical (unpaired) electrons. The van der Waals surface area contributed by atoms with Gasteiger partial charge in [0.15, 0.2) is 5.82 Å². The van der Waals surface area contributed by atoms with Crippen LogP contribution in [0.25, 0.3) is 0 Å². The van der Waals surface area contributed by atoms with E-state index in [0.717, 1.165) is 54.9 Å². The summed E-state index contributed by atoms with van der Waals surface area (Å²) in [5.74, 6) is 1.16. The highest BCUT2D eigenvalue weighted by atomic mass is 16.5. The first-order valence-corrected chi connectivity index (χ1v) is 12.5. The van der Waals surface area contributed by atoms with Crippen LogP contribution in [-0.2, 0) is 22.6 Å². The number of benzene rings is 1. The molecule has 0 aliphatic carbocycles. The van der Waals surface area contributed by atoms with Gasteiger partial charge in [-0.25, -0.2) is 9.78 Å². The van der Waals surface area contributed by atoms with Gasteiger partial charge >= 0.3 is 5.97 Å². The van der Waals surface area contributed by atoms with Gasteiger partial charge in [0, 0.05) is 31.9 Å². The number of nitrogens with zero attached hydrogens (tertiary/aromatic N) is 6. The summed E-state index contributed by atoms with van der Waals surface area (Å²) in [7, 11) is 1.79. The second kappa shape index (κ2) is 10.3. The predicted octanol–water partition coefficient (Wildman–Crippen LogP) is 3.24. The smallest absolute Gasteiger partial charge is 0.338 e. The zero-order valence-corrected chi connectivity index (χ0v) is 20.7. The zero-order chi connectivity index (χ0) is 25.1. The first-order valence-electron chi connectivity index (χ1n) is 12.5. The summed E-state index contributed by atoms with van der Waals surface area (Å²) in [6.07, 6.45) is 9.21. The van der Waals surface area contributed by atoms with Crippen LogP contribution in [0.3, 0.4) is 0 Å². The van der Waals surface area contributed by atoms with E-state index in [-0.39, 0.29) is 17.9 Å². The number of nitrogens with one attached hydrogen (secondary N) is 1. The first kappa shape index (κ1) is 23.8. The number of ether oxygens (including phenoxy) is 1. The molecule has 36 heavy (non-hydrogen) atoms. The van der Waals surface area contributed by atoms with Crippen LogP contribution in [-0.4, -0.2) is 57.9 Å². The van der Waals surface area contributed by atoms with Crippen LogP contribution in [0, 0.1) is 0 Å². The largest absolute Gasteiger partial charge is 0.462 e. The van der Waals surface area contributed by atoms with Gasteiger partial charge < -0.3 is 19.9 Å². The fourth-order valence-corrected chi connectivity index (χ4v) is 4.61. The summed E-state index contributed by atoms with van der Waals surface area (Å²) in [6, 6.07) is 7.30. The number of hydrogen-bond donors (Lipinski definition) is 1. The quantitative estimate of drug-likeness (QED) is 0.361. The van der Waals surface area contributed by atoms with E-state index < -0.39 is 0 Å². The molecule has 1 amide bonds. The third kappa shape index (κ3) is 4.89. The molecule has 0 saturated carbocycles. The molecular weight excluding hydrogens is 458 g/mol. The van der Waals surface area contributed by atoms with Crippen molar-refractivity contribution in [3.63, 3.8) is 0 Å². The van der Waals surface area contributed by atoms with Crippen molar-refractivity contribution in [2.75, 3.05) is 35.3 Å².